The van der Waals surface area contributed by atoms with Crippen molar-refractivity contribution >= 4 is 11.6 Å². The van der Waals surface area contributed by atoms with Crippen LogP contribution in [0.3, 0.4) is 0 Å². The van der Waals surface area contributed by atoms with Crippen molar-refractivity contribution in [3.8, 4) is 0 Å². The van der Waals surface area contributed by atoms with Gasteiger partial charge >= 0.3 is 0 Å². The highest BCUT2D eigenvalue weighted by Gasteiger charge is 2.21. The van der Waals surface area contributed by atoms with Crippen LogP contribution < -0.4 is 10.2 Å². The highest BCUT2D eigenvalue weighted by Crippen LogP contribution is 2.20. The molecule has 0 aliphatic carbocycles. The number of aliphatic imine (C=N–C) groups is 1. The Morgan fingerprint density at radius 1 is 1.24 bits per heavy atom. The van der Waals surface area contributed by atoms with Gasteiger partial charge in [0.1, 0.15) is 5.82 Å². The Morgan fingerprint density at radius 2 is 2.00 bits per heavy atom. The molecule has 1 saturated heterocycles. The number of rotatable bonds is 7. The van der Waals surface area contributed by atoms with Crippen LogP contribution in [0.25, 0.3) is 0 Å². The van der Waals surface area contributed by atoms with Gasteiger partial charge in [0.05, 0.1) is 5.69 Å². The van der Waals surface area contributed by atoms with Crippen molar-refractivity contribution in [2.24, 2.45) is 4.99 Å². The van der Waals surface area contributed by atoms with Crippen LogP contribution in [0.2, 0.25) is 0 Å². The number of piperazine rings is 1. The summed E-state index contributed by atoms with van der Waals surface area (Å²) in [5, 5.41) is 7.36. The third kappa shape index (κ3) is 5.68. The van der Waals surface area contributed by atoms with Gasteiger partial charge in [-0.1, -0.05) is 31.1 Å². The van der Waals surface area contributed by atoms with E-state index in [1.54, 1.807) is 6.07 Å². The van der Waals surface area contributed by atoms with Crippen LogP contribution in [0.5, 0.6) is 0 Å². The second kappa shape index (κ2) is 10.2. The molecule has 158 valence electrons. The number of hydrogen-bond acceptors (Lipinski definition) is 5. The highest BCUT2D eigenvalue weighted by atomic mass is 19.1. The molecule has 0 unspecified atom stereocenters. The highest BCUT2D eigenvalue weighted by molar-refractivity contribution is 5.80. The average Bonchev–Trinajstić information content (AvgIpc) is 3.20. The lowest BCUT2D eigenvalue weighted by Gasteiger charge is -2.37. The summed E-state index contributed by atoms with van der Waals surface area (Å²) >= 11 is 0. The molecule has 29 heavy (non-hydrogen) atoms. The Labute approximate surface area is 172 Å². The zero-order valence-electron chi connectivity index (χ0n) is 17.6. The van der Waals surface area contributed by atoms with E-state index in [1.165, 1.54) is 6.07 Å². The van der Waals surface area contributed by atoms with E-state index in [9.17, 15) is 4.39 Å². The van der Waals surface area contributed by atoms with Gasteiger partial charge in [-0.05, 0) is 25.5 Å². The predicted molar refractivity (Wildman–Crippen MR) is 113 cm³/mol. The molecule has 2 aromatic rings. The van der Waals surface area contributed by atoms with Gasteiger partial charge in [0.2, 0.25) is 5.89 Å². The quantitative estimate of drug-likeness (QED) is 0.436. The zero-order valence-corrected chi connectivity index (χ0v) is 17.6. The molecule has 1 aromatic carbocycles. The van der Waals surface area contributed by atoms with E-state index < -0.39 is 0 Å². The molecule has 1 aromatic heterocycles. The van der Waals surface area contributed by atoms with Crippen molar-refractivity contribution in [2.45, 2.75) is 39.5 Å². The van der Waals surface area contributed by atoms with Crippen LogP contribution in [0.15, 0.2) is 33.8 Å². The monoisotopic (exact) mass is 402 g/mol. The minimum absolute atomic E-state index is 0.164. The second-order valence-electron chi connectivity index (χ2n) is 7.47. The summed E-state index contributed by atoms with van der Waals surface area (Å²) in [7, 11) is 0. The molecule has 8 heteroatoms. The molecule has 0 spiro atoms. The summed E-state index contributed by atoms with van der Waals surface area (Å²) in [5.74, 6) is 2.45. The normalized spacial score (nSPS) is 15.3. The minimum atomic E-state index is -0.164. The Morgan fingerprint density at radius 3 is 2.66 bits per heavy atom. The Bertz CT molecular complexity index is 798. The maximum atomic E-state index is 14.0. The summed E-state index contributed by atoms with van der Waals surface area (Å²) in [6.45, 7) is 10.8. The Kier molecular flexibility index (Phi) is 7.43. The number of aromatic nitrogens is 2. The van der Waals surface area contributed by atoms with Gasteiger partial charge in [-0.15, -0.1) is 0 Å². The molecule has 0 radical (unpaired) electrons. The van der Waals surface area contributed by atoms with Crippen LogP contribution in [-0.4, -0.2) is 60.3 Å². The van der Waals surface area contributed by atoms with Crippen molar-refractivity contribution in [1.29, 1.82) is 0 Å². The summed E-state index contributed by atoms with van der Waals surface area (Å²) in [4.78, 5) is 13.5. The van der Waals surface area contributed by atoms with Crippen LogP contribution in [0.4, 0.5) is 10.1 Å². The van der Waals surface area contributed by atoms with Crippen LogP contribution in [0.1, 0.15) is 44.8 Å². The van der Waals surface area contributed by atoms with Crippen LogP contribution >= 0.6 is 0 Å². The molecule has 0 atom stereocenters. The lowest BCUT2D eigenvalue weighted by atomic mass is 10.2. The van der Waals surface area contributed by atoms with Crippen molar-refractivity contribution in [3.63, 3.8) is 0 Å². The molecular weight excluding hydrogens is 371 g/mol. The standard InChI is InChI=1S/C21H31FN6O/c1-4-23-21(24-11-7-10-19-25-20(16(2)3)26-29-19)28-14-12-27(13-15-28)18-9-6-5-8-17(18)22/h5-6,8-9,16H,4,7,10-15H2,1-3H3,(H,23,24). The molecule has 1 aliphatic rings. The second-order valence-corrected chi connectivity index (χ2v) is 7.47. The first-order chi connectivity index (χ1) is 14.1. The fourth-order valence-corrected chi connectivity index (χ4v) is 3.31. The summed E-state index contributed by atoms with van der Waals surface area (Å²) in [6.07, 6.45) is 1.58. The van der Waals surface area contributed by atoms with Gasteiger partial charge in [-0.2, -0.15) is 4.98 Å². The van der Waals surface area contributed by atoms with E-state index in [4.69, 9.17) is 9.52 Å². The predicted octanol–water partition coefficient (Wildman–Crippen LogP) is 3.05. The number of nitrogens with zero attached hydrogens (tertiary/aromatic N) is 5. The van der Waals surface area contributed by atoms with Crippen molar-refractivity contribution in [3.05, 3.63) is 41.8 Å². The van der Waals surface area contributed by atoms with Gasteiger partial charge in [0, 0.05) is 51.6 Å². The first-order valence-electron chi connectivity index (χ1n) is 10.4. The van der Waals surface area contributed by atoms with E-state index in [0.717, 1.165) is 57.3 Å². The summed E-state index contributed by atoms with van der Waals surface area (Å²) in [5.41, 5.74) is 0.675. The first kappa shape index (κ1) is 21.1. The number of halogens is 1. The topological polar surface area (TPSA) is 69.8 Å². The number of anilines is 1. The lowest BCUT2D eigenvalue weighted by molar-refractivity contribution is 0.366. The smallest absolute Gasteiger partial charge is 0.226 e. The van der Waals surface area contributed by atoms with Gasteiger partial charge in [0.25, 0.3) is 0 Å². The summed E-state index contributed by atoms with van der Waals surface area (Å²) in [6, 6.07) is 6.96. The molecule has 1 aliphatic heterocycles. The first-order valence-corrected chi connectivity index (χ1v) is 10.4. The molecular formula is C21H31FN6O. The molecule has 7 nitrogen and oxygen atoms in total. The maximum Gasteiger partial charge on any atom is 0.226 e. The lowest BCUT2D eigenvalue weighted by Crippen LogP contribution is -2.52. The number of nitrogens with one attached hydrogen (secondary N) is 1. The third-order valence-corrected chi connectivity index (χ3v) is 4.92. The number of hydrogen-bond donors (Lipinski definition) is 1. The fraction of sp³-hybridized carbons (Fsp3) is 0.571. The zero-order chi connectivity index (χ0) is 20.6. The van der Waals surface area contributed by atoms with E-state index in [1.807, 2.05) is 26.0 Å². The summed E-state index contributed by atoms with van der Waals surface area (Å²) < 4.78 is 19.3. The Balaban J connectivity index is 1.50. The van der Waals surface area contributed by atoms with Crippen molar-refractivity contribution in [2.75, 3.05) is 44.2 Å². The molecule has 0 amide bonds. The van der Waals surface area contributed by atoms with Gasteiger partial charge in [-0.25, -0.2) is 4.39 Å². The van der Waals surface area contributed by atoms with Crippen LogP contribution in [-0.2, 0) is 6.42 Å². The third-order valence-electron chi connectivity index (χ3n) is 4.92. The van der Waals surface area contributed by atoms with E-state index in [-0.39, 0.29) is 11.7 Å². The number of aryl methyl sites for hydroxylation is 1. The number of para-hydroxylation sites is 1. The van der Waals surface area contributed by atoms with Gasteiger partial charge in [-0.3, -0.25) is 4.99 Å². The van der Waals surface area contributed by atoms with E-state index in [2.05, 4.69) is 32.2 Å². The molecule has 3 rings (SSSR count). The number of guanidine groups is 1. The van der Waals surface area contributed by atoms with E-state index >= 15 is 0 Å². The fourth-order valence-electron chi connectivity index (χ4n) is 3.31. The molecule has 1 N–H and O–H groups in total. The van der Waals surface area contributed by atoms with Crippen LogP contribution in [0, 0.1) is 5.82 Å². The van der Waals surface area contributed by atoms with Crippen molar-refractivity contribution in [1.82, 2.24) is 20.4 Å². The van der Waals surface area contributed by atoms with Gasteiger partial charge < -0.3 is 19.6 Å². The van der Waals surface area contributed by atoms with E-state index in [0.29, 0.717) is 18.1 Å². The molecule has 1 fully saturated rings. The molecule has 2 heterocycles. The average molecular weight is 403 g/mol. The Hall–Kier alpha value is -2.64. The van der Waals surface area contributed by atoms with Gasteiger partial charge in [0.15, 0.2) is 11.8 Å². The molecule has 0 saturated carbocycles. The largest absolute Gasteiger partial charge is 0.366 e. The number of benzene rings is 1. The minimum Gasteiger partial charge on any atom is -0.366 e. The van der Waals surface area contributed by atoms with Crippen molar-refractivity contribution < 1.29 is 8.91 Å². The SMILES string of the molecule is CCNC(=NCCCc1nc(C(C)C)no1)N1CCN(c2ccccc2F)CC1. The molecule has 0 bridgehead atoms. The maximum absolute atomic E-state index is 14.0.